The molecule has 4 nitrogen and oxygen atoms in total. The maximum atomic E-state index is 14.4. The molecule has 0 fully saturated rings. The van der Waals surface area contributed by atoms with Gasteiger partial charge in [-0.3, -0.25) is 5.41 Å². The lowest BCUT2D eigenvalue weighted by atomic mass is 10.1. The lowest BCUT2D eigenvalue weighted by Crippen LogP contribution is -2.34. The van der Waals surface area contributed by atoms with E-state index < -0.39 is 5.82 Å². The van der Waals surface area contributed by atoms with Gasteiger partial charge in [-0.15, -0.1) is 0 Å². The summed E-state index contributed by atoms with van der Waals surface area (Å²) in [7, 11) is 1.61. The van der Waals surface area contributed by atoms with Gasteiger partial charge in [0.15, 0.2) is 5.82 Å². The molecule has 0 heterocycles. The van der Waals surface area contributed by atoms with Crippen molar-refractivity contribution < 1.29 is 9.13 Å². The molecule has 0 saturated heterocycles. The Hall–Kier alpha value is -1.14. The van der Waals surface area contributed by atoms with Gasteiger partial charge in [0.2, 0.25) is 0 Å². The molecule has 3 N–H and O–H groups in total. The monoisotopic (exact) mass is 331 g/mol. The normalized spacial score (nSPS) is 10.8. The number of anilines is 1. The van der Waals surface area contributed by atoms with Gasteiger partial charge in [-0.25, -0.2) is 4.39 Å². The molecule has 0 aliphatic rings. The van der Waals surface area contributed by atoms with E-state index in [1.807, 2.05) is 18.7 Å². The Labute approximate surface area is 121 Å². The molecule has 0 amide bonds. The van der Waals surface area contributed by atoms with Crippen LogP contribution in [0.15, 0.2) is 16.6 Å². The topological polar surface area (TPSA) is 62.3 Å². The molecule has 0 atom stereocenters. The second-order valence-corrected chi connectivity index (χ2v) is 5.25. The van der Waals surface area contributed by atoms with Crippen LogP contribution in [0.25, 0.3) is 0 Å². The summed E-state index contributed by atoms with van der Waals surface area (Å²) in [6.07, 6.45) is 0. The second kappa shape index (κ2) is 6.86. The number of ether oxygens (including phenoxy) is 1. The van der Waals surface area contributed by atoms with Crippen LogP contribution < -0.4 is 10.6 Å². The summed E-state index contributed by atoms with van der Waals surface area (Å²) >= 11 is 3.16. The molecule has 0 aliphatic carbocycles. The maximum absolute atomic E-state index is 14.4. The molecular formula is C13H19BrFN3O. The number of hydrogen-bond acceptors (Lipinski definition) is 3. The first kappa shape index (κ1) is 15.9. The largest absolute Gasteiger partial charge is 0.384 e. The third kappa shape index (κ3) is 3.67. The van der Waals surface area contributed by atoms with E-state index in [1.54, 1.807) is 19.2 Å². The molecule has 0 bridgehead atoms. The van der Waals surface area contributed by atoms with Gasteiger partial charge in [0, 0.05) is 25.3 Å². The molecule has 0 saturated carbocycles. The fourth-order valence-electron chi connectivity index (χ4n) is 1.82. The van der Waals surface area contributed by atoms with Crippen molar-refractivity contribution >= 4 is 27.5 Å². The first-order chi connectivity index (χ1) is 8.90. The van der Waals surface area contributed by atoms with Crippen LogP contribution in [0.1, 0.15) is 19.4 Å². The highest BCUT2D eigenvalue weighted by atomic mass is 79.9. The lowest BCUT2D eigenvalue weighted by molar-refractivity contribution is 0.203. The molecule has 0 spiro atoms. The van der Waals surface area contributed by atoms with Crippen molar-refractivity contribution in [3.05, 3.63) is 28.0 Å². The summed E-state index contributed by atoms with van der Waals surface area (Å²) in [5, 5.41) is 7.39. The van der Waals surface area contributed by atoms with Crippen LogP contribution in [-0.2, 0) is 4.74 Å². The van der Waals surface area contributed by atoms with E-state index in [9.17, 15) is 4.39 Å². The summed E-state index contributed by atoms with van der Waals surface area (Å²) in [5.74, 6) is -0.567. The van der Waals surface area contributed by atoms with Crippen LogP contribution in [0.5, 0.6) is 0 Å². The van der Waals surface area contributed by atoms with E-state index >= 15 is 0 Å². The lowest BCUT2D eigenvalue weighted by Gasteiger charge is -2.29. The maximum Gasteiger partial charge on any atom is 0.161 e. The van der Waals surface area contributed by atoms with Gasteiger partial charge in [0.25, 0.3) is 0 Å². The minimum Gasteiger partial charge on any atom is -0.384 e. The van der Waals surface area contributed by atoms with E-state index in [-0.39, 0.29) is 16.4 Å². The number of nitrogens with zero attached hydrogens (tertiary/aromatic N) is 1. The van der Waals surface area contributed by atoms with Crippen LogP contribution in [-0.4, -0.2) is 32.1 Å². The number of rotatable bonds is 6. The molecule has 6 heteroatoms. The number of benzene rings is 1. The number of halogens is 2. The molecule has 19 heavy (non-hydrogen) atoms. The number of hydrogen-bond donors (Lipinski definition) is 2. The molecule has 1 aromatic rings. The van der Waals surface area contributed by atoms with Crippen molar-refractivity contribution in [2.24, 2.45) is 5.73 Å². The molecule has 1 aromatic carbocycles. The Bertz CT molecular complexity index is 465. The van der Waals surface area contributed by atoms with E-state index in [4.69, 9.17) is 15.9 Å². The third-order valence-corrected chi connectivity index (χ3v) is 3.60. The second-order valence-electron chi connectivity index (χ2n) is 4.45. The standard InChI is InChI=1S/C13H19BrFN3O/c1-8(2)18(6-7-19-3)10-5-4-9(13(16)17)11(14)12(10)15/h4-5,8H,6-7H2,1-3H3,(H3,16,17). The fraction of sp³-hybridized carbons (Fsp3) is 0.462. The number of nitrogens with one attached hydrogen (secondary N) is 1. The summed E-state index contributed by atoms with van der Waals surface area (Å²) < 4.78 is 19.6. The summed E-state index contributed by atoms with van der Waals surface area (Å²) in [5.41, 5.74) is 6.24. The van der Waals surface area contributed by atoms with Gasteiger partial charge < -0.3 is 15.4 Å². The van der Waals surface area contributed by atoms with Crippen LogP contribution in [0, 0.1) is 11.2 Å². The van der Waals surface area contributed by atoms with Crippen molar-refractivity contribution in [2.45, 2.75) is 19.9 Å². The first-order valence-corrected chi connectivity index (χ1v) is 6.77. The first-order valence-electron chi connectivity index (χ1n) is 5.98. The number of nitrogens with two attached hydrogens (primary N) is 1. The Morgan fingerprint density at radius 2 is 2.16 bits per heavy atom. The number of amidine groups is 1. The van der Waals surface area contributed by atoms with Crippen LogP contribution in [0.4, 0.5) is 10.1 Å². The summed E-state index contributed by atoms with van der Waals surface area (Å²) in [4.78, 5) is 1.91. The molecule has 0 unspecified atom stereocenters. The van der Waals surface area contributed by atoms with Gasteiger partial charge in [-0.05, 0) is 41.9 Å². The molecule has 0 aromatic heterocycles. The Kier molecular flexibility index (Phi) is 5.75. The quantitative estimate of drug-likeness (QED) is 0.622. The highest BCUT2D eigenvalue weighted by Crippen LogP contribution is 2.30. The minimum atomic E-state index is -0.405. The zero-order valence-corrected chi connectivity index (χ0v) is 12.9. The minimum absolute atomic E-state index is 0.139. The van der Waals surface area contributed by atoms with Crippen LogP contribution in [0.2, 0.25) is 0 Å². The van der Waals surface area contributed by atoms with Crippen LogP contribution >= 0.6 is 15.9 Å². The zero-order valence-electron chi connectivity index (χ0n) is 11.3. The van der Waals surface area contributed by atoms with Gasteiger partial charge >= 0.3 is 0 Å². The van der Waals surface area contributed by atoms with Crippen molar-refractivity contribution in [2.75, 3.05) is 25.2 Å². The predicted octanol–water partition coefficient (Wildman–Crippen LogP) is 2.73. The van der Waals surface area contributed by atoms with Crippen molar-refractivity contribution in [3.8, 4) is 0 Å². The number of nitrogen functional groups attached to an aromatic ring is 1. The Balaban J connectivity index is 3.18. The smallest absolute Gasteiger partial charge is 0.161 e. The van der Waals surface area contributed by atoms with Gasteiger partial charge in [-0.1, -0.05) is 0 Å². The van der Waals surface area contributed by atoms with Crippen molar-refractivity contribution in [3.63, 3.8) is 0 Å². The molecular weight excluding hydrogens is 313 g/mol. The molecule has 0 radical (unpaired) electrons. The van der Waals surface area contributed by atoms with E-state index in [0.717, 1.165) is 0 Å². The van der Waals surface area contributed by atoms with Crippen molar-refractivity contribution in [1.29, 1.82) is 5.41 Å². The molecule has 106 valence electrons. The summed E-state index contributed by atoms with van der Waals surface area (Å²) in [6, 6.07) is 3.43. The molecule has 0 aliphatic heterocycles. The SMILES string of the molecule is COCCN(c1ccc(C(=N)N)c(Br)c1F)C(C)C. The van der Waals surface area contributed by atoms with Crippen molar-refractivity contribution in [1.82, 2.24) is 0 Å². The zero-order chi connectivity index (χ0) is 14.6. The van der Waals surface area contributed by atoms with Gasteiger partial charge in [0.05, 0.1) is 16.8 Å². The average molecular weight is 332 g/mol. The Morgan fingerprint density at radius 1 is 1.53 bits per heavy atom. The van der Waals surface area contributed by atoms with Crippen LogP contribution in [0.3, 0.4) is 0 Å². The Morgan fingerprint density at radius 3 is 2.63 bits per heavy atom. The third-order valence-electron chi connectivity index (χ3n) is 2.82. The fourth-order valence-corrected chi connectivity index (χ4v) is 2.36. The predicted molar refractivity (Wildman–Crippen MR) is 79.5 cm³/mol. The number of methoxy groups -OCH3 is 1. The van der Waals surface area contributed by atoms with E-state index in [1.165, 1.54) is 0 Å². The van der Waals surface area contributed by atoms with E-state index in [2.05, 4.69) is 15.9 Å². The van der Waals surface area contributed by atoms with Gasteiger partial charge in [-0.2, -0.15) is 0 Å². The van der Waals surface area contributed by atoms with E-state index in [0.29, 0.717) is 24.4 Å². The van der Waals surface area contributed by atoms with Gasteiger partial charge in [0.1, 0.15) is 5.84 Å². The summed E-state index contributed by atoms with van der Waals surface area (Å²) in [6.45, 7) is 5.09. The average Bonchev–Trinajstić information content (AvgIpc) is 2.33. The highest BCUT2D eigenvalue weighted by Gasteiger charge is 2.19. The highest BCUT2D eigenvalue weighted by molar-refractivity contribution is 9.10. The molecule has 1 rings (SSSR count).